The summed E-state index contributed by atoms with van der Waals surface area (Å²) in [7, 11) is 0. The fraction of sp³-hybridized carbons (Fsp3) is 0.0625. The van der Waals surface area contributed by atoms with Gasteiger partial charge in [0.15, 0.2) is 0 Å². The van der Waals surface area contributed by atoms with E-state index in [1.165, 1.54) is 0 Å². The second kappa shape index (κ2) is 5.48. The van der Waals surface area contributed by atoms with Crippen LogP contribution in [0.25, 0.3) is 11.5 Å². The molecule has 0 atom stereocenters. The molecular formula is C16H14N2O2. The highest BCUT2D eigenvalue weighted by molar-refractivity contribution is 5.53. The Morgan fingerprint density at radius 2 is 1.90 bits per heavy atom. The highest BCUT2D eigenvalue weighted by Crippen LogP contribution is 2.19. The standard InChI is InChI=1S/C16H14N2O2/c19-15-8-4-7-13(9-15)17-10-14-11-20-16(18-14)12-5-2-1-3-6-12/h1-9,11,17,19H,10H2. The van der Waals surface area contributed by atoms with Gasteiger partial charge in [-0.25, -0.2) is 4.98 Å². The number of nitrogens with zero attached hydrogens (tertiary/aromatic N) is 1. The van der Waals surface area contributed by atoms with Gasteiger partial charge in [-0.3, -0.25) is 0 Å². The third-order valence-electron chi connectivity index (χ3n) is 2.89. The SMILES string of the molecule is Oc1cccc(NCc2coc(-c3ccccc3)n2)c1. The second-order valence-corrected chi connectivity index (χ2v) is 4.41. The zero-order valence-corrected chi connectivity index (χ0v) is 10.8. The first kappa shape index (κ1) is 12.3. The monoisotopic (exact) mass is 266 g/mol. The van der Waals surface area contributed by atoms with Gasteiger partial charge in [-0.2, -0.15) is 0 Å². The zero-order valence-electron chi connectivity index (χ0n) is 10.8. The molecule has 2 aromatic carbocycles. The summed E-state index contributed by atoms with van der Waals surface area (Å²) in [5.41, 5.74) is 2.61. The van der Waals surface area contributed by atoms with Crippen molar-refractivity contribution in [3.8, 4) is 17.2 Å². The van der Waals surface area contributed by atoms with E-state index in [4.69, 9.17) is 4.42 Å². The van der Waals surface area contributed by atoms with Gasteiger partial charge in [0.1, 0.15) is 12.0 Å². The van der Waals surface area contributed by atoms with Crippen molar-refractivity contribution in [3.63, 3.8) is 0 Å². The Hall–Kier alpha value is -2.75. The van der Waals surface area contributed by atoms with Crippen LogP contribution in [-0.2, 0) is 6.54 Å². The van der Waals surface area contributed by atoms with Crippen molar-refractivity contribution >= 4 is 5.69 Å². The molecule has 0 aliphatic carbocycles. The van der Waals surface area contributed by atoms with Gasteiger partial charge in [-0.05, 0) is 24.3 Å². The van der Waals surface area contributed by atoms with Crippen molar-refractivity contribution in [2.24, 2.45) is 0 Å². The summed E-state index contributed by atoms with van der Waals surface area (Å²) >= 11 is 0. The Balaban J connectivity index is 1.69. The lowest BCUT2D eigenvalue weighted by Crippen LogP contribution is -1.99. The molecule has 3 rings (SSSR count). The van der Waals surface area contributed by atoms with Crippen LogP contribution in [0.1, 0.15) is 5.69 Å². The minimum Gasteiger partial charge on any atom is -0.508 e. The Labute approximate surface area is 116 Å². The van der Waals surface area contributed by atoms with Crippen molar-refractivity contribution in [1.29, 1.82) is 0 Å². The smallest absolute Gasteiger partial charge is 0.226 e. The van der Waals surface area contributed by atoms with Crippen LogP contribution in [0.3, 0.4) is 0 Å². The predicted molar refractivity (Wildman–Crippen MR) is 77.4 cm³/mol. The quantitative estimate of drug-likeness (QED) is 0.756. The largest absolute Gasteiger partial charge is 0.508 e. The molecule has 1 aromatic heterocycles. The second-order valence-electron chi connectivity index (χ2n) is 4.41. The molecule has 100 valence electrons. The molecule has 0 saturated carbocycles. The van der Waals surface area contributed by atoms with E-state index < -0.39 is 0 Å². The van der Waals surface area contributed by atoms with E-state index in [0.29, 0.717) is 12.4 Å². The molecule has 2 N–H and O–H groups in total. The molecule has 0 aliphatic rings. The number of oxazole rings is 1. The molecule has 0 radical (unpaired) electrons. The van der Waals surface area contributed by atoms with Crippen LogP contribution in [0.5, 0.6) is 5.75 Å². The number of aromatic nitrogens is 1. The van der Waals surface area contributed by atoms with E-state index in [-0.39, 0.29) is 5.75 Å². The number of phenolic OH excluding ortho intramolecular Hbond substituents is 1. The average Bonchev–Trinajstić information content (AvgIpc) is 2.95. The van der Waals surface area contributed by atoms with Crippen molar-refractivity contribution < 1.29 is 9.52 Å². The van der Waals surface area contributed by atoms with Crippen LogP contribution in [0.15, 0.2) is 65.3 Å². The molecule has 0 unspecified atom stereocenters. The molecule has 0 fully saturated rings. The van der Waals surface area contributed by atoms with Gasteiger partial charge < -0.3 is 14.8 Å². The maximum absolute atomic E-state index is 9.39. The normalized spacial score (nSPS) is 10.4. The predicted octanol–water partition coefficient (Wildman–Crippen LogP) is 3.66. The van der Waals surface area contributed by atoms with Crippen LogP contribution < -0.4 is 5.32 Å². The Bertz CT molecular complexity index is 692. The van der Waals surface area contributed by atoms with E-state index in [9.17, 15) is 5.11 Å². The summed E-state index contributed by atoms with van der Waals surface area (Å²) in [6, 6.07) is 16.7. The number of hydrogen-bond donors (Lipinski definition) is 2. The number of hydrogen-bond acceptors (Lipinski definition) is 4. The number of phenols is 1. The lowest BCUT2D eigenvalue weighted by Gasteiger charge is -2.03. The molecule has 4 heteroatoms. The molecule has 0 saturated heterocycles. The molecule has 0 aliphatic heterocycles. The van der Waals surface area contributed by atoms with E-state index in [1.54, 1.807) is 24.5 Å². The molecule has 20 heavy (non-hydrogen) atoms. The number of anilines is 1. The van der Waals surface area contributed by atoms with E-state index in [2.05, 4.69) is 10.3 Å². The van der Waals surface area contributed by atoms with E-state index >= 15 is 0 Å². The lowest BCUT2D eigenvalue weighted by atomic mass is 10.2. The topological polar surface area (TPSA) is 58.3 Å². The van der Waals surface area contributed by atoms with Gasteiger partial charge in [0, 0.05) is 17.3 Å². The Kier molecular flexibility index (Phi) is 3.37. The van der Waals surface area contributed by atoms with E-state index in [1.807, 2.05) is 36.4 Å². The first-order chi connectivity index (χ1) is 9.81. The summed E-state index contributed by atoms with van der Waals surface area (Å²) in [5, 5.41) is 12.6. The Morgan fingerprint density at radius 3 is 2.70 bits per heavy atom. The van der Waals surface area contributed by atoms with Crippen molar-refractivity contribution in [2.75, 3.05) is 5.32 Å². The molecule has 1 heterocycles. The minimum absolute atomic E-state index is 0.236. The maximum Gasteiger partial charge on any atom is 0.226 e. The van der Waals surface area contributed by atoms with Crippen molar-refractivity contribution in [3.05, 3.63) is 66.6 Å². The summed E-state index contributed by atoms with van der Waals surface area (Å²) in [5.74, 6) is 0.846. The number of rotatable bonds is 4. The van der Waals surface area contributed by atoms with Gasteiger partial charge in [-0.15, -0.1) is 0 Å². The van der Waals surface area contributed by atoms with Crippen LogP contribution in [0.2, 0.25) is 0 Å². The van der Waals surface area contributed by atoms with Gasteiger partial charge in [0.05, 0.1) is 12.2 Å². The summed E-state index contributed by atoms with van der Waals surface area (Å²) < 4.78 is 5.46. The van der Waals surface area contributed by atoms with Crippen molar-refractivity contribution in [2.45, 2.75) is 6.54 Å². The first-order valence-electron chi connectivity index (χ1n) is 6.34. The first-order valence-corrected chi connectivity index (χ1v) is 6.34. The Morgan fingerprint density at radius 1 is 1.05 bits per heavy atom. The van der Waals surface area contributed by atoms with Crippen molar-refractivity contribution in [1.82, 2.24) is 4.98 Å². The minimum atomic E-state index is 0.236. The van der Waals surface area contributed by atoms with Gasteiger partial charge in [-0.1, -0.05) is 24.3 Å². The fourth-order valence-electron chi connectivity index (χ4n) is 1.91. The fourth-order valence-corrected chi connectivity index (χ4v) is 1.91. The number of aromatic hydroxyl groups is 1. The maximum atomic E-state index is 9.39. The average molecular weight is 266 g/mol. The molecule has 3 aromatic rings. The van der Waals surface area contributed by atoms with Crippen LogP contribution in [-0.4, -0.2) is 10.1 Å². The van der Waals surface area contributed by atoms with Crippen LogP contribution in [0.4, 0.5) is 5.69 Å². The molecule has 4 nitrogen and oxygen atoms in total. The zero-order chi connectivity index (χ0) is 13.8. The van der Waals surface area contributed by atoms with Gasteiger partial charge >= 0.3 is 0 Å². The molecule has 0 amide bonds. The lowest BCUT2D eigenvalue weighted by molar-refractivity contribution is 0.475. The summed E-state index contributed by atoms with van der Waals surface area (Å²) in [6.07, 6.45) is 1.64. The molecular weight excluding hydrogens is 252 g/mol. The third kappa shape index (κ3) is 2.80. The van der Waals surface area contributed by atoms with Crippen LogP contribution >= 0.6 is 0 Å². The third-order valence-corrected chi connectivity index (χ3v) is 2.89. The number of benzene rings is 2. The molecule has 0 spiro atoms. The van der Waals surface area contributed by atoms with Gasteiger partial charge in [0.2, 0.25) is 5.89 Å². The van der Waals surface area contributed by atoms with E-state index in [0.717, 1.165) is 16.9 Å². The highest BCUT2D eigenvalue weighted by atomic mass is 16.3. The highest BCUT2D eigenvalue weighted by Gasteiger charge is 2.05. The molecule has 0 bridgehead atoms. The van der Waals surface area contributed by atoms with Crippen LogP contribution in [0, 0.1) is 0 Å². The summed E-state index contributed by atoms with van der Waals surface area (Å²) in [4.78, 5) is 4.43. The van der Waals surface area contributed by atoms with Gasteiger partial charge in [0.25, 0.3) is 0 Å². The summed E-state index contributed by atoms with van der Waals surface area (Å²) in [6.45, 7) is 0.541. The number of nitrogens with one attached hydrogen (secondary N) is 1.